The Labute approximate surface area is 196 Å². The molecule has 0 saturated heterocycles. The molecule has 0 N–H and O–H groups in total. The number of carbonyl (C=O) groups is 2. The van der Waals surface area contributed by atoms with Crippen molar-refractivity contribution in [3.05, 3.63) is 29.8 Å². The van der Waals surface area contributed by atoms with Crippen molar-refractivity contribution in [3.63, 3.8) is 0 Å². The fourth-order valence-electron chi connectivity index (χ4n) is 4.04. The van der Waals surface area contributed by atoms with Gasteiger partial charge in [0.2, 0.25) is 0 Å². The maximum absolute atomic E-state index is 12.9. The fourth-order valence-corrected chi connectivity index (χ4v) is 4.04. The van der Waals surface area contributed by atoms with Crippen molar-refractivity contribution in [2.75, 3.05) is 6.61 Å². The molecule has 32 heavy (non-hydrogen) atoms. The summed E-state index contributed by atoms with van der Waals surface area (Å²) in [6, 6.07) is 7.31. The van der Waals surface area contributed by atoms with E-state index in [2.05, 4.69) is 6.92 Å². The van der Waals surface area contributed by atoms with Crippen LogP contribution in [0.15, 0.2) is 24.3 Å². The average molecular weight is 447 g/mol. The average Bonchev–Trinajstić information content (AvgIpc) is 2.78. The zero-order valence-electron chi connectivity index (χ0n) is 21.0. The van der Waals surface area contributed by atoms with E-state index in [4.69, 9.17) is 9.47 Å². The van der Waals surface area contributed by atoms with Gasteiger partial charge in [-0.2, -0.15) is 0 Å². The Balaban J connectivity index is 2.26. The first-order valence-corrected chi connectivity index (χ1v) is 13.0. The van der Waals surface area contributed by atoms with Crippen LogP contribution < -0.4 is 4.74 Å². The minimum absolute atomic E-state index is 0.366. The van der Waals surface area contributed by atoms with Gasteiger partial charge in [-0.3, -0.25) is 9.59 Å². The SMILES string of the molecule is CCCCCCCCCCCCCCOC(=O)C(CC)(CC)C(=O)Oc1cccc(C)c1. The number of hydrogen-bond donors (Lipinski definition) is 0. The first-order valence-electron chi connectivity index (χ1n) is 13.0. The molecule has 1 rings (SSSR count). The normalized spacial score (nSPS) is 11.4. The molecule has 0 spiro atoms. The molecule has 1 aromatic rings. The molecule has 0 radical (unpaired) electrons. The fraction of sp³-hybridized carbons (Fsp3) is 0.714. The summed E-state index contributed by atoms with van der Waals surface area (Å²) in [6.45, 7) is 8.24. The first kappa shape index (κ1) is 28.2. The van der Waals surface area contributed by atoms with Gasteiger partial charge in [-0.05, 0) is 43.9 Å². The summed E-state index contributed by atoms with van der Waals surface area (Å²) in [4.78, 5) is 25.7. The molecule has 0 fully saturated rings. The number of rotatable bonds is 18. The summed E-state index contributed by atoms with van der Waals surface area (Å²) in [5.74, 6) is -0.508. The predicted octanol–water partition coefficient (Wildman–Crippen LogP) is 7.95. The van der Waals surface area contributed by atoms with Crippen molar-refractivity contribution >= 4 is 11.9 Å². The van der Waals surface area contributed by atoms with Crippen LogP contribution in [0.5, 0.6) is 5.75 Å². The van der Waals surface area contributed by atoms with Crippen molar-refractivity contribution < 1.29 is 19.1 Å². The molecule has 182 valence electrons. The molecule has 0 aliphatic rings. The summed E-state index contributed by atoms with van der Waals surface area (Å²) in [5.41, 5.74) is -0.232. The molecule has 4 nitrogen and oxygen atoms in total. The standard InChI is InChI=1S/C28H46O4/c1-5-8-9-10-11-12-13-14-15-16-17-18-22-31-26(29)28(6-2,7-3)27(30)32-25-21-19-20-24(4)23-25/h19-21,23H,5-18,22H2,1-4H3. The largest absolute Gasteiger partial charge is 0.465 e. The lowest BCUT2D eigenvalue weighted by atomic mass is 9.82. The van der Waals surface area contributed by atoms with Gasteiger partial charge in [-0.15, -0.1) is 0 Å². The molecule has 4 heteroatoms. The van der Waals surface area contributed by atoms with E-state index in [0.717, 1.165) is 18.4 Å². The number of aryl methyl sites for hydroxylation is 1. The number of unbranched alkanes of at least 4 members (excludes halogenated alkanes) is 11. The lowest BCUT2D eigenvalue weighted by molar-refractivity contribution is -0.168. The van der Waals surface area contributed by atoms with Crippen molar-refractivity contribution in [1.29, 1.82) is 0 Å². The third kappa shape index (κ3) is 10.2. The summed E-state index contributed by atoms with van der Waals surface area (Å²) in [6.07, 6.45) is 15.9. The molecule has 0 aromatic heterocycles. The Morgan fingerprint density at radius 2 is 1.28 bits per heavy atom. The number of benzene rings is 1. The van der Waals surface area contributed by atoms with E-state index in [0.29, 0.717) is 25.2 Å². The zero-order chi connectivity index (χ0) is 23.7. The van der Waals surface area contributed by atoms with Crippen LogP contribution in [0.25, 0.3) is 0 Å². The Morgan fingerprint density at radius 1 is 0.750 bits per heavy atom. The highest BCUT2D eigenvalue weighted by Gasteiger charge is 2.46. The molecule has 0 amide bonds. The smallest absolute Gasteiger partial charge is 0.328 e. The quantitative estimate of drug-likeness (QED) is 0.0993. The van der Waals surface area contributed by atoms with Crippen LogP contribution in [0.3, 0.4) is 0 Å². The highest BCUT2D eigenvalue weighted by atomic mass is 16.6. The van der Waals surface area contributed by atoms with Gasteiger partial charge in [0.05, 0.1) is 6.61 Å². The molecule has 0 aliphatic carbocycles. The molecule has 0 atom stereocenters. The molecule has 0 bridgehead atoms. The van der Waals surface area contributed by atoms with Crippen LogP contribution in [0.1, 0.15) is 116 Å². The van der Waals surface area contributed by atoms with Crippen LogP contribution >= 0.6 is 0 Å². The van der Waals surface area contributed by atoms with Gasteiger partial charge in [-0.25, -0.2) is 0 Å². The van der Waals surface area contributed by atoms with Gasteiger partial charge in [-0.1, -0.05) is 104 Å². The van der Waals surface area contributed by atoms with Gasteiger partial charge in [0, 0.05) is 0 Å². The molecule has 0 saturated carbocycles. The summed E-state index contributed by atoms with van der Waals surface area (Å²) >= 11 is 0. The van der Waals surface area contributed by atoms with E-state index in [9.17, 15) is 9.59 Å². The predicted molar refractivity (Wildman–Crippen MR) is 132 cm³/mol. The first-order chi connectivity index (χ1) is 15.5. The zero-order valence-corrected chi connectivity index (χ0v) is 21.0. The van der Waals surface area contributed by atoms with Crippen molar-refractivity contribution in [3.8, 4) is 5.75 Å². The monoisotopic (exact) mass is 446 g/mol. The van der Waals surface area contributed by atoms with Crippen LogP contribution in [-0.4, -0.2) is 18.5 Å². The molecular formula is C28H46O4. The lowest BCUT2D eigenvalue weighted by Crippen LogP contribution is -2.42. The number of ether oxygens (including phenoxy) is 2. The van der Waals surface area contributed by atoms with E-state index in [1.165, 1.54) is 64.2 Å². The van der Waals surface area contributed by atoms with Gasteiger partial charge in [0.15, 0.2) is 5.41 Å². The Morgan fingerprint density at radius 3 is 1.78 bits per heavy atom. The second kappa shape index (κ2) is 16.7. The molecular weight excluding hydrogens is 400 g/mol. The molecule has 0 heterocycles. The summed E-state index contributed by atoms with van der Waals surface area (Å²) in [5, 5.41) is 0. The van der Waals surface area contributed by atoms with Crippen LogP contribution in [0, 0.1) is 12.3 Å². The Hall–Kier alpha value is -1.84. The molecule has 0 aliphatic heterocycles. The Kier molecular flexibility index (Phi) is 14.8. The van der Waals surface area contributed by atoms with Crippen LogP contribution in [0.4, 0.5) is 0 Å². The van der Waals surface area contributed by atoms with Gasteiger partial charge in [0.1, 0.15) is 5.75 Å². The molecule has 0 unspecified atom stereocenters. The number of esters is 2. The van der Waals surface area contributed by atoms with E-state index in [-0.39, 0.29) is 0 Å². The van der Waals surface area contributed by atoms with Crippen molar-refractivity contribution in [1.82, 2.24) is 0 Å². The summed E-state index contributed by atoms with van der Waals surface area (Å²) in [7, 11) is 0. The number of hydrogen-bond acceptors (Lipinski definition) is 4. The third-order valence-corrected chi connectivity index (χ3v) is 6.42. The minimum Gasteiger partial charge on any atom is -0.465 e. The van der Waals surface area contributed by atoms with E-state index >= 15 is 0 Å². The maximum Gasteiger partial charge on any atom is 0.328 e. The van der Waals surface area contributed by atoms with Crippen molar-refractivity contribution in [2.24, 2.45) is 5.41 Å². The number of carbonyl (C=O) groups excluding carboxylic acids is 2. The maximum atomic E-state index is 12.9. The van der Waals surface area contributed by atoms with E-state index in [1.54, 1.807) is 12.1 Å². The van der Waals surface area contributed by atoms with Crippen molar-refractivity contribution in [2.45, 2.75) is 118 Å². The highest BCUT2D eigenvalue weighted by Crippen LogP contribution is 2.31. The highest BCUT2D eigenvalue weighted by molar-refractivity contribution is 6.00. The second-order valence-electron chi connectivity index (χ2n) is 9.02. The van der Waals surface area contributed by atoms with Crippen LogP contribution in [0.2, 0.25) is 0 Å². The molecule has 1 aromatic carbocycles. The lowest BCUT2D eigenvalue weighted by Gasteiger charge is -2.26. The van der Waals surface area contributed by atoms with Crippen LogP contribution in [-0.2, 0) is 14.3 Å². The summed E-state index contributed by atoms with van der Waals surface area (Å²) < 4.78 is 11.1. The Bertz CT molecular complexity index is 649. The second-order valence-corrected chi connectivity index (χ2v) is 9.02. The van der Waals surface area contributed by atoms with Gasteiger partial charge in [0.25, 0.3) is 0 Å². The minimum atomic E-state index is -1.24. The topological polar surface area (TPSA) is 52.6 Å². The van der Waals surface area contributed by atoms with Gasteiger partial charge >= 0.3 is 11.9 Å². The van der Waals surface area contributed by atoms with E-state index < -0.39 is 17.4 Å². The van der Waals surface area contributed by atoms with Gasteiger partial charge < -0.3 is 9.47 Å². The third-order valence-electron chi connectivity index (χ3n) is 6.42. The van der Waals surface area contributed by atoms with E-state index in [1.807, 2.05) is 32.9 Å².